The van der Waals surface area contributed by atoms with Gasteiger partial charge in [0.25, 0.3) is 0 Å². The molecule has 0 aliphatic heterocycles. The number of pyridine rings is 1. The van der Waals surface area contributed by atoms with E-state index in [4.69, 9.17) is 16.3 Å². The van der Waals surface area contributed by atoms with Crippen molar-refractivity contribution < 1.29 is 4.74 Å². The number of aromatic nitrogens is 1. The highest BCUT2D eigenvalue weighted by atomic mass is 35.5. The molecular weight excluding hydrogens is 296 g/mol. The number of ether oxygens (including phenoxy) is 1. The largest absolute Gasteiger partial charge is 0.457 e. The molecule has 0 amide bonds. The Labute approximate surface area is 134 Å². The Balaban J connectivity index is 1.59. The summed E-state index contributed by atoms with van der Waals surface area (Å²) in [6, 6.07) is 21.1. The monoisotopic (exact) mass is 310 g/mol. The normalized spacial score (nSPS) is 10.2. The van der Waals surface area contributed by atoms with Gasteiger partial charge in [-0.2, -0.15) is 0 Å². The number of hydrogen-bond acceptors (Lipinski definition) is 3. The predicted octanol–water partition coefficient (Wildman–Crippen LogP) is 5.14. The van der Waals surface area contributed by atoms with Crippen molar-refractivity contribution in [2.45, 2.75) is 6.54 Å². The smallest absolute Gasteiger partial charge is 0.127 e. The Morgan fingerprint density at radius 1 is 0.864 bits per heavy atom. The molecule has 1 N–H and O–H groups in total. The molecule has 0 saturated carbocycles. The minimum atomic E-state index is 0.697. The standard InChI is InChI=1S/C18H15ClN2O/c19-15-6-10-17(11-7-15)22-16-8-4-14(5-9-16)13-21-18-3-1-2-12-20-18/h1-12H,13H2,(H,20,21). The molecule has 0 radical (unpaired) electrons. The molecule has 0 spiro atoms. The van der Waals surface area contributed by atoms with Crippen molar-refractivity contribution in [2.24, 2.45) is 0 Å². The highest BCUT2D eigenvalue weighted by molar-refractivity contribution is 6.30. The van der Waals surface area contributed by atoms with Crippen molar-refractivity contribution in [3.8, 4) is 11.5 Å². The van der Waals surface area contributed by atoms with E-state index in [1.165, 1.54) is 0 Å². The molecule has 0 saturated heterocycles. The maximum atomic E-state index is 5.85. The number of nitrogens with one attached hydrogen (secondary N) is 1. The van der Waals surface area contributed by atoms with Crippen molar-refractivity contribution >= 4 is 17.4 Å². The van der Waals surface area contributed by atoms with Gasteiger partial charge in [-0.3, -0.25) is 0 Å². The van der Waals surface area contributed by atoms with Gasteiger partial charge < -0.3 is 10.1 Å². The highest BCUT2D eigenvalue weighted by Gasteiger charge is 1.99. The lowest BCUT2D eigenvalue weighted by atomic mass is 10.2. The molecule has 0 aliphatic carbocycles. The van der Waals surface area contributed by atoms with E-state index < -0.39 is 0 Å². The Morgan fingerprint density at radius 3 is 2.18 bits per heavy atom. The average molecular weight is 311 g/mol. The fraction of sp³-hybridized carbons (Fsp3) is 0.0556. The quantitative estimate of drug-likeness (QED) is 0.708. The molecule has 3 nitrogen and oxygen atoms in total. The van der Waals surface area contributed by atoms with Crippen LogP contribution in [0, 0.1) is 0 Å². The topological polar surface area (TPSA) is 34.1 Å². The van der Waals surface area contributed by atoms with Gasteiger partial charge in [-0.05, 0) is 54.1 Å². The number of hydrogen-bond donors (Lipinski definition) is 1. The summed E-state index contributed by atoms with van der Waals surface area (Å²) in [7, 11) is 0. The first-order valence-electron chi connectivity index (χ1n) is 6.97. The zero-order valence-corrected chi connectivity index (χ0v) is 12.6. The molecule has 0 atom stereocenters. The Bertz CT molecular complexity index is 712. The summed E-state index contributed by atoms with van der Waals surface area (Å²) >= 11 is 5.85. The molecule has 3 aromatic rings. The molecule has 2 aromatic carbocycles. The van der Waals surface area contributed by atoms with E-state index in [-0.39, 0.29) is 0 Å². The third-order valence-corrected chi connectivity index (χ3v) is 3.36. The van der Waals surface area contributed by atoms with Crippen molar-refractivity contribution in [3.63, 3.8) is 0 Å². The summed E-state index contributed by atoms with van der Waals surface area (Å²) in [6.07, 6.45) is 1.77. The van der Waals surface area contributed by atoms with Crippen LogP contribution in [0.2, 0.25) is 5.02 Å². The molecule has 4 heteroatoms. The van der Waals surface area contributed by atoms with Crippen molar-refractivity contribution in [2.75, 3.05) is 5.32 Å². The predicted molar refractivity (Wildman–Crippen MR) is 89.5 cm³/mol. The minimum absolute atomic E-state index is 0.697. The summed E-state index contributed by atoms with van der Waals surface area (Å²) in [4.78, 5) is 4.23. The van der Waals surface area contributed by atoms with Gasteiger partial charge in [0.05, 0.1) is 0 Å². The fourth-order valence-electron chi connectivity index (χ4n) is 1.97. The first-order valence-corrected chi connectivity index (χ1v) is 7.35. The van der Waals surface area contributed by atoms with Crippen LogP contribution in [0.4, 0.5) is 5.82 Å². The van der Waals surface area contributed by atoms with Crippen LogP contribution in [-0.4, -0.2) is 4.98 Å². The van der Waals surface area contributed by atoms with Crippen LogP contribution in [-0.2, 0) is 6.54 Å². The van der Waals surface area contributed by atoms with Gasteiger partial charge in [-0.15, -0.1) is 0 Å². The second-order valence-corrected chi connectivity index (χ2v) is 5.20. The van der Waals surface area contributed by atoms with E-state index in [1.54, 1.807) is 6.20 Å². The van der Waals surface area contributed by atoms with Gasteiger partial charge in [-0.1, -0.05) is 29.8 Å². The van der Waals surface area contributed by atoms with Crippen LogP contribution >= 0.6 is 11.6 Å². The molecule has 110 valence electrons. The molecule has 0 unspecified atom stereocenters. The van der Waals surface area contributed by atoms with Crippen molar-refractivity contribution in [1.29, 1.82) is 0 Å². The van der Waals surface area contributed by atoms with E-state index in [0.717, 1.165) is 29.4 Å². The lowest BCUT2D eigenvalue weighted by Crippen LogP contribution is -2.00. The van der Waals surface area contributed by atoms with Crippen molar-refractivity contribution in [1.82, 2.24) is 4.98 Å². The molecule has 0 bridgehead atoms. The maximum absolute atomic E-state index is 5.85. The zero-order valence-electron chi connectivity index (χ0n) is 11.9. The number of rotatable bonds is 5. The maximum Gasteiger partial charge on any atom is 0.127 e. The molecule has 22 heavy (non-hydrogen) atoms. The number of halogens is 1. The third-order valence-electron chi connectivity index (χ3n) is 3.11. The molecule has 1 heterocycles. The van der Waals surface area contributed by atoms with Gasteiger partial charge >= 0.3 is 0 Å². The fourth-order valence-corrected chi connectivity index (χ4v) is 2.10. The number of anilines is 1. The summed E-state index contributed by atoms with van der Waals surface area (Å²) in [5, 5.41) is 3.97. The molecule has 1 aromatic heterocycles. The van der Waals surface area contributed by atoms with E-state index >= 15 is 0 Å². The van der Waals surface area contributed by atoms with Crippen LogP contribution in [0.1, 0.15) is 5.56 Å². The molecule has 0 aliphatic rings. The van der Waals surface area contributed by atoms with Crippen LogP contribution in [0.25, 0.3) is 0 Å². The third kappa shape index (κ3) is 3.99. The van der Waals surface area contributed by atoms with Crippen LogP contribution < -0.4 is 10.1 Å². The first-order chi connectivity index (χ1) is 10.8. The molecule has 3 rings (SSSR count). The van der Waals surface area contributed by atoms with Crippen molar-refractivity contribution in [3.05, 3.63) is 83.5 Å². The lowest BCUT2D eigenvalue weighted by molar-refractivity contribution is 0.482. The van der Waals surface area contributed by atoms with Crippen LogP contribution in [0.15, 0.2) is 72.9 Å². The second kappa shape index (κ2) is 6.96. The van der Waals surface area contributed by atoms with Gasteiger partial charge in [0, 0.05) is 17.8 Å². The van der Waals surface area contributed by atoms with E-state index in [2.05, 4.69) is 10.3 Å². The Kier molecular flexibility index (Phi) is 4.56. The summed E-state index contributed by atoms with van der Waals surface area (Å²) in [5.74, 6) is 2.43. The van der Waals surface area contributed by atoms with Crippen LogP contribution in [0.5, 0.6) is 11.5 Å². The zero-order chi connectivity index (χ0) is 15.2. The van der Waals surface area contributed by atoms with Gasteiger partial charge in [-0.25, -0.2) is 4.98 Å². The summed E-state index contributed by atoms with van der Waals surface area (Å²) in [5.41, 5.74) is 1.16. The van der Waals surface area contributed by atoms with Crippen LogP contribution in [0.3, 0.4) is 0 Å². The Hall–Kier alpha value is -2.52. The highest BCUT2D eigenvalue weighted by Crippen LogP contribution is 2.23. The lowest BCUT2D eigenvalue weighted by Gasteiger charge is -2.08. The second-order valence-electron chi connectivity index (χ2n) is 4.77. The van der Waals surface area contributed by atoms with Gasteiger partial charge in [0.2, 0.25) is 0 Å². The first kappa shape index (κ1) is 14.4. The molecule has 0 fully saturated rings. The Morgan fingerprint density at radius 2 is 1.55 bits per heavy atom. The number of nitrogens with zero attached hydrogens (tertiary/aromatic N) is 1. The van der Waals surface area contributed by atoms with E-state index in [1.807, 2.05) is 66.7 Å². The van der Waals surface area contributed by atoms with Gasteiger partial charge in [0.1, 0.15) is 17.3 Å². The number of benzene rings is 2. The molecular formula is C18H15ClN2O. The summed E-state index contributed by atoms with van der Waals surface area (Å²) in [6.45, 7) is 0.720. The van der Waals surface area contributed by atoms with E-state index in [0.29, 0.717) is 5.02 Å². The minimum Gasteiger partial charge on any atom is -0.457 e. The van der Waals surface area contributed by atoms with E-state index in [9.17, 15) is 0 Å². The SMILES string of the molecule is Clc1ccc(Oc2ccc(CNc3ccccn3)cc2)cc1. The van der Waals surface area contributed by atoms with Gasteiger partial charge in [0.15, 0.2) is 0 Å². The average Bonchev–Trinajstić information content (AvgIpc) is 2.57. The summed E-state index contributed by atoms with van der Waals surface area (Å²) < 4.78 is 5.76.